The Balaban J connectivity index is 1.87. The van der Waals surface area contributed by atoms with E-state index in [1.165, 1.54) is 0 Å². The molecule has 0 saturated carbocycles. The number of benzene rings is 1. The van der Waals surface area contributed by atoms with Crippen LogP contribution in [-0.4, -0.2) is 59.8 Å². The summed E-state index contributed by atoms with van der Waals surface area (Å²) < 4.78 is 5.34. The molecule has 3 N–H and O–H groups in total. The molecular formula is C22H34N2O5. The molecule has 2 rings (SSSR count). The summed E-state index contributed by atoms with van der Waals surface area (Å²) in [5.74, 6) is -2.08. The zero-order valence-electron chi connectivity index (χ0n) is 17.7. The average Bonchev–Trinajstić information content (AvgIpc) is 2.66. The second kappa shape index (κ2) is 10.7. The molecule has 0 spiro atoms. The van der Waals surface area contributed by atoms with Gasteiger partial charge >= 0.3 is 5.97 Å². The Kier molecular flexibility index (Phi) is 8.61. The lowest BCUT2D eigenvalue weighted by Crippen LogP contribution is -2.36. The van der Waals surface area contributed by atoms with Gasteiger partial charge in [0.15, 0.2) is 0 Å². The molecule has 0 aromatic heterocycles. The van der Waals surface area contributed by atoms with Gasteiger partial charge in [0.1, 0.15) is 0 Å². The number of hydrogen-bond acceptors (Lipinski definition) is 5. The number of carbonyl (C=O) groups is 2. The number of aliphatic hydroxyl groups is 1. The Bertz CT molecular complexity index is 680. The van der Waals surface area contributed by atoms with E-state index in [1.54, 1.807) is 18.2 Å². The van der Waals surface area contributed by atoms with Gasteiger partial charge in [0.05, 0.1) is 25.2 Å². The van der Waals surface area contributed by atoms with Crippen LogP contribution in [-0.2, 0) is 14.3 Å². The first-order chi connectivity index (χ1) is 13.7. The molecule has 7 heteroatoms. The summed E-state index contributed by atoms with van der Waals surface area (Å²) in [7, 11) is 0. The zero-order valence-corrected chi connectivity index (χ0v) is 17.7. The number of anilines is 1. The van der Waals surface area contributed by atoms with E-state index in [2.05, 4.69) is 10.2 Å². The van der Waals surface area contributed by atoms with Crippen LogP contribution in [0.4, 0.5) is 5.69 Å². The second-order valence-electron chi connectivity index (χ2n) is 8.75. The Hall–Kier alpha value is -1.96. The van der Waals surface area contributed by atoms with Crippen LogP contribution in [0.2, 0.25) is 0 Å². The van der Waals surface area contributed by atoms with E-state index >= 15 is 0 Å². The molecule has 1 heterocycles. The first-order valence-corrected chi connectivity index (χ1v) is 10.3. The lowest BCUT2D eigenvalue weighted by Gasteiger charge is -2.27. The van der Waals surface area contributed by atoms with Crippen molar-refractivity contribution in [2.24, 2.45) is 11.3 Å². The van der Waals surface area contributed by atoms with Crippen LogP contribution in [0.5, 0.6) is 0 Å². The number of aliphatic hydroxyl groups excluding tert-OH is 1. The molecule has 1 aliphatic heterocycles. The van der Waals surface area contributed by atoms with Gasteiger partial charge in [-0.05, 0) is 42.5 Å². The fourth-order valence-electron chi connectivity index (χ4n) is 3.48. The quantitative estimate of drug-likeness (QED) is 0.583. The largest absolute Gasteiger partial charge is 0.481 e. The Morgan fingerprint density at radius 1 is 1.24 bits per heavy atom. The van der Waals surface area contributed by atoms with Gasteiger partial charge in [-0.25, -0.2) is 0 Å². The van der Waals surface area contributed by atoms with Crippen LogP contribution in [0.3, 0.4) is 0 Å². The first kappa shape index (κ1) is 23.3. The summed E-state index contributed by atoms with van der Waals surface area (Å²) in [4.78, 5) is 26.2. The number of carboxylic acids is 1. The summed E-state index contributed by atoms with van der Waals surface area (Å²) >= 11 is 0. The van der Waals surface area contributed by atoms with E-state index < -0.39 is 23.4 Å². The van der Waals surface area contributed by atoms with Crippen LogP contribution in [0, 0.1) is 11.3 Å². The highest BCUT2D eigenvalue weighted by Crippen LogP contribution is 2.29. The monoisotopic (exact) mass is 406 g/mol. The number of aliphatic carboxylic acids is 1. The van der Waals surface area contributed by atoms with Gasteiger partial charge in [0, 0.05) is 25.2 Å². The summed E-state index contributed by atoms with van der Waals surface area (Å²) in [6, 6.07) is 7.12. The maximum absolute atomic E-state index is 12.3. The summed E-state index contributed by atoms with van der Waals surface area (Å²) in [6.45, 7) is 9.77. The zero-order chi connectivity index (χ0) is 21.4. The molecule has 1 aromatic rings. The van der Waals surface area contributed by atoms with Gasteiger partial charge in [0.2, 0.25) is 5.91 Å². The third-order valence-electron chi connectivity index (χ3n) is 5.34. The van der Waals surface area contributed by atoms with Crippen molar-refractivity contribution in [3.05, 3.63) is 29.8 Å². The van der Waals surface area contributed by atoms with Gasteiger partial charge in [-0.3, -0.25) is 14.5 Å². The van der Waals surface area contributed by atoms with Crippen LogP contribution in [0.1, 0.15) is 51.7 Å². The van der Waals surface area contributed by atoms with Crippen LogP contribution < -0.4 is 5.32 Å². The fourth-order valence-corrected chi connectivity index (χ4v) is 3.48. The van der Waals surface area contributed by atoms with E-state index in [4.69, 9.17) is 4.74 Å². The van der Waals surface area contributed by atoms with Crippen molar-refractivity contribution in [2.75, 3.05) is 38.2 Å². The van der Waals surface area contributed by atoms with Crippen molar-refractivity contribution in [1.29, 1.82) is 0 Å². The first-order valence-electron chi connectivity index (χ1n) is 10.3. The highest BCUT2D eigenvalue weighted by Gasteiger charge is 2.33. The van der Waals surface area contributed by atoms with Crippen LogP contribution in [0.25, 0.3) is 0 Å². The predicted octanol–water partition coefficient (Wildman–Crippen LogP) is 2.91. The van der Waals surface area contributed by atoms with Gasteiger partial charge < -0.3 is 20.3 Å². The number of hydrogen-bond donors (Lipinski definition) is 3. The molecule has 0 aliphatic carbocycles. The van der Waals surface area contributed by atoms with Crippen molar-refractivity contribution in [3.8, 4) is 0 Å². The molecule has 1 saturated heterocycles. The summed E-state index contributed by atoms with van der Waals surface area (Å²) in [5.41, 5.74) is 0.801. The summed E-state index contributed by atoms with van der Waals surface area (Å²) in [6.07, 6.45) is 0.823. The lowest BCUT2D eigenvalue weighted by atomic mass is 9.78. The lowest BCUT2D eigenvalue weighted by molar-refractivity contribution is -0.147. The molecule has 0 bridgehead atoms. The Morgan fingerprint density at radius 3 is 2.55 bits per heavy atom. The highest BCUT2D eigenvalue weighted by molar-refractivity contribution is 5.93. The maximum Gasteiger partial charge on any atom is 0.307 e. The smallest absolute Gasteiger partial charge is 0.307 e. The minimum atomic E-state index is -0.975. The number of nitrogens with zero attached hydrogens (tertiary/aromatic N) is 1. The predicted molar refractivity (Wildman–Crippen MR) is 112 cm³/mol. The Labute approximate surface area is 173 Å². The standard InChI is InChI=1S/C22H34N2O5/c1-22(2,3)18(21(27)28)15-20(26)23-17-7-4-6-16(14-17)19(25)8-5-9-24-10-12-29-13-11-24/h4,6-7,14,18-19,25H,5,8-13,15H2,1-3H3,(H,23,26)(H,27,28)/t18-,19?/m0/s1. The number of amides is 1. The van der Waals surface area contributed by atoms with Crippen molar-refractivity contribution in [3.63, 3.8) is 0 Å². The highest BCUT2D eigenvalue weighted by atomic mass is 16.5. The van der Waals surface area contributed by atoms with Crippen LogP contribution >= 0.6 is 0 Å². The van der Waals surface area contributed by atoms with E-state index in [0.717, 1.165) is 44.8 Å². The number of carboxylic acid groups (broad SMARTS) is 1. The number of rotatable bonds is 9. The SMILES string of the molecule is CC(C)(C)[C@@H](CC(=O)Nc1cccc(C(O)CCCN2CCOCC2)c1)C(=O)O. The third-order valence-corrected chi connectivity index (χ3v) is 5.34. The molecule has 1 aromatic carbocycles. The van der Waals surface area contributed by atoms with Crippen LogP contribution in [0.15, 0.2) is 24.3 Å². The van der Waals surface area contributed by atoms with Gasteiger partial charge in [-0.1, -0.05) is 32.9 Å². The molecule has 1 fully saturated rings. The minimum Gasteiger partial charge on any atom is -0.481 e. The Morgan fingerprint density at radius 2 is 1.93 bits per heavy atom. The molecule has 1 amide bonds. The van der Waals surface area contributed by atoms with Crippen molar-refractivity contribution in [1.82, 2.24) is 4.90 Å². The molecule has 29 heavy (non-hydrogen) atoms. The van der Waals surface area contributed by atoms with E-state index in [9.17, 15) is 19.8 Å². The number of morpholine rings is 1. The molecule has 1 aliphatic rings. The van der Waals surface area contributed by atoms with Gasteiger partial charge in [0.25, 0.3) is 0 Å². The maximum atomic E-state index is 12.3. The summed E-state index contributed by atoms with van der Waals surface area (Å²) in [5, 5.41) is 22.7. The number of carbonyl (C=O) groups excluding carboxylic acids is 1. The number of nitrogens with one attached hydrogen (secondary N) is 1. The second-order valence-corrected chi connectivity index (χ2v) is 8.75. The third kappa shape index (κ3) is 7.76. The molecule has 7 nitrogen and oxygen atoms in total. The van der Waals surface area contributed by atoms with Crippen molar-refractivity contribution in [2.45, 2.75) is 46.1 Å². The van der Waals surface area contributed by atoms with Gasteiger partial charge in [-0.2, -0.15) is 0 Å². The van der Waals surface area contributed by atoms with E-state index in [-0.39, 0.29) is 12.3 Å². The molecular weight excluding hydrogens is 372 g/mol. The van der Waals surface area contributed by atoms with Crippen molar-refractivity contribution < 1.29 is 24.5 Å². The topological polar surface area (TPSA) is 99.1 Å². The van der Waals surface area contributed by atoms with Crippen molar-refractivity contribution >= 4 is 17.6 Å². The van der Waals surface area contributed by atoms with E-state index in [0.29, 0.717) is 12.1 Å². The fraction of sp³-hybridized carbons (Fsp3) is 0.636. The van der Waals surface area contributed by atoms with Gasteiger partial charge in [-0.15, -0.1) is 0 Å². The van der Waals surface area contributed by atoms with E-state index in [1.807, 2.05) is 26.8 Å². The molecule has 0 radical (unpaired) electrons. The molecule has 2 atom stereocenters. The molecule has 1 unspecified atom stereocenters. The minimum absolute atomic E-state index is 0.0921. The average molecular weight is 407 g/mol. The normalized spacial score (nSPS) is 17.5. The molecule has 162 valence electrons. The number of ether oxygens (including phenoxy) is 1.